The molecule has 0 unspecified atom stereocenters. The third-order valence-corrected chi connectivity index (χ3v) is 3.54. The van der Waals surface area contributed by atoms with Crippen LogP contribution < -0.4 is 4.90 Å². The molecule has 100 valence electrons. The summed E-state index contributed by atoms with van der Waals surface area (Å²) in [5.74, 6) is 0.0947. The normalized spacial score (nSPS) is 15.9. The van der Waals surface area contributed by atoms with Crippen molar-refractivity contribution in [1.82, 2.24) is 9.97 Å². The van der Waals surface area contributed by atoms with Gasteiger partial charge in [0.25, 0.3) is 0 Å². The van der Waals surface area contributed by atoms with Gasteiger partial charge < -0.3 is 15.0 Å². The molecule has 1 aromatic carbocycles. The Morgan fingerprint density at radius 2 is 2.11 bits per heavy atom. The largest absolute Gasteiger partial charge is 0.481 e. The van der Waals surface area contributed by atoms with Gasteiger partial charge in [0, 0.05) is 13.1 Å². The Labute approximate surface area is 111 Å². The van der Waals surface area contributed by atoms with Gasteiger partial charge in [-0.1, -0.05) is 6.07 Å². The molecule has 19 heavy (non-hydrogen) atoms. The number of carboxylic acids is 1. The van der Waals surface area contributed by atoms with Crippen molar-refractivity contribution >= 4 is 23.0 Å². The lowest BCUT2D eigenvalue weighted by atomic mass is 10.1. The third kappa shape index (κ3) is 2.54. The average molecular weight is 259 g/mol. The van der Waals surface area contributed by atoms with E-state index in [0.717, 1.165) is 35.6 Å². The molecule has 2 N–H and O–H groups in total. The minimum absolute atomic E-state index is 0.0496. The van der Waals surface area contributed by atoms with Gasteiger partial charge in [-0.2, -0.15) is 0 Å². The van der Waals surface area contributed by atoms with Crippen molar-refractivity contribution in [2.45, 2.75) is 25.7 Å². The molecule has 5 nitrogen and oxygen atoms in total. The molecule has 0 saturated carbocycles. The van der Waals surface area contributed by atoms with E-state index >= 15 is 0 Å². The van der Waals surface area contributed by atoms with E-state index < -0.39 is 5.97 Å². The van der Waals surface area contributed by atoms with Gasteiger partial charge in [-0.15, -0.1) is 0 Å². The predicted octanol–water partition coefficient (Wildman–Crippen LogP) is 2.18. The summed E-state index contributed by atoms with van der Waals surface area (Å²) in [5.41, 5.74) is 2.61. The predicted molar refractivity (Wildman–Crippen MR) is 73.5 cm³/mol. The number of rotatable bonds is 3. The summed E-state index contributed by atoms with van der Waals surface area (Å²) in [7, 11) is 0. The highest BCUT2D eigenvalue weighted by Crippen LogP contribution is 2.21. The van der Waals surface area contributed by atoms with Crippen LogP contribution >= 0.6 is 0 Å². The Balaban J connectivity index is 1.89. The first-order valence-electron chi connectivity index (χ1n) is 6.68. The molecular formula is C14H17N3O2. The van der Waals surface area contributed by atoms with Crippen LogP contribution in [0.15, 0.2) is 18.2 Å². The van der Waals surface area contributed by atoms with E-state index in [1.807, 2.05) is 18.2 Å². The number of nitrogens with zero attached hydrogens (tertiary/aromatic N) is 2. The van der Waals surface area contributed by atoms with Crippen molar-refractivity contribution in [1.29, 1.82) is 0 Å². The van der Waals surface area contributed by atoms with Crippen molar-refractivity contribution < 1.29 is 9.90 Å². The highest BCUT2D eigenvalue weighted by molar-refractivity contribution is 5.80. The molecule has 0 bridgehead atoms. The van der Waals surface area contributed by atoms with Crippen LogP contribution in [0, 0.1) is 0 Å². The van der Waals surface area contributed by atoms with Crippen molar-refractivity contribution in [3.8, 4) is 0 Å². The number of aromatic nitrogens is 2. The van der Waals surface area contributed by atoms with E-state index in [2.05, 4.69) is 14.9 Å². The van der Waals surface area contributed by atoms with E-state index in [-0.39, 0.29) is 6.42 Å². The monoisotopic (exact) mass is 259 g/mol. The first kappa shape index (κ1) is 12.0. The minimum Gasteiger partial charge on any atom is -0.481 e. The number of anilines is 1. The van der Waals surface area contributed by atoms with Crippen LogP contribution in [-0.2, 0) is 11.2 Å². The van der Waals surface area contributed by atoms with E-state index in [9.17, 15) is 4.79 Å². The Morgan fingerprint density at radius 3 is 2.84 bits per heavy atom. The molecule has 2 aromatic rings. The molecule has 0 atom stereocenters. The zero-order chi connectivity index (χ0) is 13.2. The number of piperidine rings is 1. The second-order valence-corrected chi connectivity index (χ2v) is 5.03. The van der Waals surface area contributed by atoms with E-state index in [1.54, 1.807) is 0 Å². The summed E-state index contributed by atoms with van der Waals surface area (Å²) in [6, 6.07) is 5.60. The lowest BCUT2D eigenvalue weighted by molar-refractivity contribution is -0.136. The summed E-state index contributed by atoms with van der Waals surface area (Å²) in [6.45, 7) is 2.09. The van der Waals surface area contributed by atoms with Crippen LogP contribution in [0.4, 0.5) is 5.95 Å². The van der Waals surface area contributed by atoms with Gasteiger partial charge in [-0.25, -0.2) is 4.98 Å². The zero-order valence-electron chi connectivity index (χ0n) is 10.7. The molecule has 1 aromatic heterocycles. The van der Waals surface area contributed by atoms with Crippen molar-refractivity contribution in [3.63, 3.8) is 0 Å². The number of fused-ring (bicyclic) bond motifs is 1. The smallest absolute Gasteiger partial charge is 0.307 e. The lowest BCUT2D eigenvalue weighted by Gasteiger charge is -2.25. The maximum absolute atomic E-state index is 10.7. The Hall–Kier alpha value is -2.04. The second kappa shape index (κ2) is 4.91. The molecule has 5 heteroatoms. The van der Waals surface area contributed by atoms with Gasteiger partial charge in [0.05, 0.1) is 17.5 Å². The van der Waals surface area contributed by atoms with Crippen molar-refractivity contribution in [2.75, 3.05) is 18.0 Å². The Bertz CT molecular complexity index is 600. The van der Waals surface area contributed by atoms with Crippen LogP contribution in [0.25, 0.3) is 11.0 Å². The lowest BCUT2D eigenvalue weighted by Crippen LogP contribution is -2.30. The summed E-state index contributed by atoms with van der Waals surface area (Å²) in [6.07, 6.45) is 3.76. The summed E-state index contributed by atoms with van der Waals surface area (Å²) in [5, 5.41) is 8.81. The highest BCUT2D eigenvalue weighted by atomic mass is 16.4. The number of H-pyrrole nitrogens is 1. The number of carboxylic acid groups (broad SMARTS) is 1. The number of carbonyl (C=O) groups is 1. The fourth-order valence-electron chi connectivity index (χ4n) is 2.58. The van der Waals surface area contributed by atoms with E-state index in [4.69, 9.17) is 5.11 Å². The molecule has 1 aliphatic heterocycles. The molecule has 3 rings (SSSR count). The maximum Gasteiger partial charge on any atom is 0.307 e. The number of benzene rings is 1. The Kier molecular flexibility index (Phi) is 3.11. The number of nitrogens with one attached hydrogen (secondary N) is 1. The standard InChI is InChI=1S/C14H17N3O2/c18-13(19)9-10-4-5-11-12(8-10)16-14(15-11)17-6-2-1-3-7-17/h4-5,8H,1-3,6-7,9H2,(H,15,16)(H,18,19). The van der Waals surface area contributed by atoms with Gasteiger partial charge in [-0.05, 0) is 37.0 Å². The molecule has 0 amide bonds. The number of hydrogen-bond donors (Lipinski definition) is 2. The number of hydrogen-bond acceptors (Lipinski definition) is 3. The average Bonchev–Trinajstić information content (AvgIpc) is 2.82. The molecule has 1 aliphatic rings. The molecule has 0 radical (unpaired) electrons. The van der Waals surface area contributed by atoms with Crippen LogP contribution in [0.5, 0.6) is 0 Å². The number of aromatic amines is 1. The van der Waals surface area contributed by atoms with Gasteiger partial charge in [-0.3, -0.25) is 4.79 Å². The molecular weight excluding hydrogens is 242 g/mol. The molecule has 2 heterocycles. The molecule has 1 saturated heterocycles. The topological polar surface area (TPSA) is 69.2 Å². The van der Waals surface area contributed by atoms with E-state index in [0.29, 0.717) is 0 Å². The maximum atomic E-state index is 10.7. The van der Waals surface area contributed by atoms with Gasteiger partial charge >= 0.3 is 5.97 Å². The van der Waals surface area contributed by atoms with Gasteiger partial charge in [0.2, 0.25) is 5.95 Å². The number of imidazole rings is 1. The third-order valence-electron chi connectivity index (χ3n) is 3.54. The van der Waals surface area contributed by atoms with Crippen LogP contribution in [0.1, 0.15) is 24.8 Å². The van der Waals surface area contributed by atoms with Gasteiger partial charge in [0.1, 0.15) is 0 Å². The number of aliphatic carboxylic acids is 1. The van der Waals surface area contributed by atoms with Gasteiger partial charge in [0.15, 0.2) is 0 Å². The minimum atomic E-state index is -0.810. The first-order chi connectivity index (χ1) is 9.22. The zero-order valence-corrected chi connectivity index (χ0v) is 10.7. The molecule has 1 fully saturated rings. The van der Waals surface area contributed by atoms with Crippen LogP contribution in [-0.4, -0.2) is 34.1 Å². The van der Waals surface area contributed by atoms with Crippen LogP contribution in [0.2, 0.25) is 0 Å². The second-order valence-electron chi connectivity index (χ2n) is 5.03. The fourth-order valence-corrected chi connectivity index (χ4v) is 2.58. The van der Waals surface area contributed by atoms with Crippen molar-refractivity contribution in [2.24, 2.45) is 0 Å². The summed E-state index contributed by atoms with van der Waals surface area (Å²) >= 11 is 0. The SMILES string of the molecule is O=C(O)Cc1ccc2nc(N3CCCCC3)[nH]c2c1. The van der Waals surface area contributed by atoms with Crippen LogP contribution in [0.3, 0.4) is 0 Å². The van der Waals surface area contributed by atoms with Crippen molar-refractivity contribution in [3.05, 3.63) is 23.8 Å². The van der Waals surface area contributed by atoms with E-state index in [1.165, 1.54) is 19.3 Å². The summed E-state index contributed by atoms with van der Waals surface area (Å²) < 4.78 is 0. The Morgan fingerprint density at radius 1 is 1.32 bits per heavy atom. The fraction of sp³-hybridized carbons (Fsp3) is 0.429. The quantitative estimate of drug-likeness (QED) is 0.886. The first-order valence-corrected chi connectivity index (χ1v) is 6.68. The summed E-state index contributed by atoms with van der Waals surface area (Å²) in [4.78, 5) is 20.9. The molecule has 0 aliphatic carbocycles. The molecule has 0 spiro atoms. The highest BCUT2D eigenvalue weighted by Gasteiger charge is 2.14.